The molecule has 0 spiro atoms. The van der Waals surface area contributed by atoms with Crippen LogP contribution < -0.4 is 0 Å². The summed E-state index contributed by atoms with van der Waals surface area (Å²) in [6, 6.07) is 2.75. The first kappa shape index (κ1) is 14.9. The smallest absolute Gasteiger partial charge is 0.106 e. The van der Waals surface area contributed by atoms with E-state index in [1.165, 1.54) is 61.6 Å². The molecule has 0 N–H and O–H groups in total. The Morgan fingerprint density at radius 3 is 3.00 bits per heavy atom. The number of fused-ring (bicyclic) bond motifs is 1. The zero-order valence-electron chi connectivity index (χ0n) is 14.3. The predicted octanol–water partition coefficient (Wildman–Crippen LogP) is 2.73. The molecule has 1 atom stereocenters. The fourth-order valence-corrected chi connectivity index (χ4v) is 4.36. The van der Waals surface area contributed by atoms with Crippen LogP contribution in [0.3, 0.4) is 0 Å². The Morgan fingerprint density at radius 1 is 1.26 bits per heavy atom. The number of aryl methyl sites for hydroxylation is 3. The third-order valence-corrected chi connectivity index (χ3v) is 5.45. The lowest BCUT2D eigenvalue weighted by molar-refractivity contribution is 0.303. The van der Waals surface area contributed by atoms with Crippen molar-refractivity contribution in [3.8, 4) is 0 Å². The van der Waals surface area contributed by atoms with Crippen LogP contribution in [-0.4, -0.2) is 37.3 Å². The summed E-state index contributed by atoms with van der Waals surface area (Å²) in [5, 5.41) is 4.39. The number of nitrogens with zero attached hydrogens (tertiary/aromatic N) is 5. The number of rotatable bonds is 4. The van der Waals surface area contributed by atoms with E-state index in [4.69, 9.17) is 4.98 Å². The van der Waals surface area contributed by atoms with Gasteiger partial charge in [-0.2, -0.15) is 5.10 Å². The first-order valence-electron chi connectivity index (χ1n) is 9.06. The fourth-order valence-electron chi connectivity index (χ4n) is 4.36. The molecule has 0 amide bonds. The average Bonchev–Trinajstić information content (AvgIpc) is 3.25. The van der Waals surface area contributed by atoms with Crippen molar-refractivity contribution in [1.29, 1.82) is 0 Å². The van der Waals surface area contributed by atoms with E-state index in [-0.39, 0.29) is 0 Å². The standard InChI is InChI=1S/C18H27N5/c1-3-22-15(8-10-19-22)12-21-11-9-16(13-21)23-14(2)20-17-6-4-5-7-18(17)23/h8,10,16H,3-7,9,11-13H2,1-2H3. The van der Waals surface area contributed by atoms with Gasteiger partial charge in [0.15, 0.2) is 0 Å². The minimum Gasteiger partial charge on any atom is -0.328 e. The average molecular weight is 313 g/mol. The van der Waals surface area contributed by atoms with E-state index in [1.807, 2.05) is 6.20 Å². The summed E-state index contributed by atoms with van der Waals surface area (Å²) in [7, 11) is 0. The van der Waals surface area contributed by atoms with Crippen LogP contribution in [0.1, 0.15) is 55.1 Å². The van der Waals surface area contributed by atoms with Crippen molar-refractivity contribution in [3.63, 3.8) is 0 Å². The van der Waals surface area contributed by atoms with Gasteiger partial charge in [0.2, 0.25) is 0 Å². The highest BCUT2D eigenvalue weighted by Gasteiger charge is 2.29. The van der Waals surface area contributed by atoms with Crippen molar-refractivity contribution in [2.75, 3.05) is 13.1 Å². The summed E-state index contributed by atoms with van der Waals surface area (Å²) in [5.74, 6) is 1.22. The molecule has 0 aromatic carbocycles. The van der Waals surface area contributed by atoms with E-state index in [0.29, 0.717) is 6.04 Å². The molecule has 5 heteroatoms. The second-order valence-corrected chi connectivity index (χ2v) is 6.95. The van der Waals surface area contributed by atoms with Crippen LogP contribution in [0, 0.1) is 6.92 Å². The van der Waals surface area contributed by atoms with Gasteiger partial charge >= 0.3 is 0 Å². The molecule has 2 aromatic rings. The van der Waals surface area contributed by atoms with Crippen LogP contribution >= 0.6 is 0 Å². The quantitative estimate of drug-likeness (QED) is 0.871. The molecule has 0 radical (unpaired) electrons. The van der Waals surface area contributed by atoms with Crippen molar-refractivity contribution in [2.24, 2.45) is 0 Å². The summed E-state index contributed by atoms with van der Waals surface area (Å²) in [5.41, 5.74) is 4.23. The Labute approximate surface area is 138 Å². The van der Waals surface area contributed by atoms with Crippen LogP contribution in [0.15, 0.2) is 12.3 Å². The number of likely N-dealkylation sites (tertiary alicyclic amines) is 1. The maximum absolute atomic E-state index is 4.85. The van der Waals surface area contributed by atoms with Gasteiger partial charge < -0.3 is 4.57 Å². The maximum atomic E-state index is 4.85. The third kappa shape index (κ3) is 2.71. The second-order valence-electron chi connectivity index (χ2n) is 6.95. The van der Waals surface area contributed by atoms with Gasteiger partial charge in [0.1, 0.15) is 5.82 Å². The summed E-state index contributed by atoms with van der Waals surface area (Å²) >= 11 is 0. The zero-order chi connectivity index (χ0) is 15.8. The molecule has 1 saturated heterocycles. The van der Waals surface area contributed by atoms with Gasteiger partial charge in [-0.1, -0.05) is 0 Å². The topological polar surface area (TPSA) is 38.9 Å². The molecular formula is C18H27N5. The van der Waals surface area contributed by atoms with Gasteiger partial charge in [0.25, 0.3) is 0 Å². The van der Waals surface area contributed by atoms with Crippen molar-refractivity contribution < 1.29 is 0 Å². The van der Waals surface area contributed by atoms with Crippen LogP contribution in [-0.2, 0) is 25.9 Å². The molecule has 124 valence electrons. The molecule has 2 aromatic heterocycles. The molecule has 2 aliphatic rings. The lowest BCUT2D eigenvalue weighted by Gasteiger charge is -2.21. The largest absolute Gasteiger partial charge is 0.328 e. The predicted molar refractivity (Wildman–Crippen MR) is 90.4 cm³/mol. The van der Waals surface area contributed by atoms with E-state index in [9.17, 15) is 0 Å². The van der Waals surface area contributed by atoms with Gasteiger partial charge in [0.05, 0.1) is 11.4 Å². The van der Waals surface area contributed by atoms with Crippen molar-refractivity contribution in [1.82, 2.24) is 24.2 Å². The number of aromatic nitrogens is 4. The molecule has 1 aliphatic carbocycles. The first-order chi connectivity index (χ1) is 11.3. The lowest BCUT2D eigenvalue weighted by atomic mass is 10.0. The highest BCUT2D eigenvalue weighted by atomic mass is 15.3. The van der Waals surface area contributed by atoms with Crippen LogP contribution in [0.4, 0.5) is 0 Å². The second kappa shape index (κ2) is 6.11. The Kier molecular flexibility index (Phi) is 3.97. The Bertz CT molecular complexity index is 684. The van der Waals surface area contributed by atoms with Crippen LogP contribution in [0.5, 0.6) is 0 Å². The maximum Gasteiger partial charge on any atom is 0.106 e. The minimum atomic E-state index is 0.599. The van der Waals surface area contributed by atoms with Gasteiger partial charge in [0, 0.05) is 44.1 Å². The van der Waals surface area contributed by atoms with Gasteiger partial charge in [-0.05, 0) is 52.0 Å². The normalized spacial score (nSPS) is 21.7. The molecule has 1 unspecified atom stereocenters. The molecule has 4 rings (SSSR count). The minimum absolute atomic E-state index is 0.599. The van der Waals surface area contributed by atoms with Crippen LogP contribution in [0.25, 0.3) is 0 Å². The van der Waals surface area contributed by atoms with Crippen molar-refractivity contribution >= 4 is 0 Å². The molecule has 5 nitrogen and oxygen atoms in total. The Balaban J connectivity index is 1.49. The molecule has 0 bridgehead atoms. The summed E-state index contributed by atoms with van der Waals surface area (Å²) in [6.07, 6.45) is 8.18. The van der Waals surface area contributed by atoms with Gasteiger partial charge in [-0.3, -0.25) is 9.58 Å². The van der Waals surface area contributed by atoms with E-state index in [0.717, 1.165) is 19.6 Å². The highest BCUT2D eigenvalue weighted by Crippen LogP contribution is 2.30. The highest BCUT2D eigenvalue weighted by molar-refractivity contribution is 5.21. The molecule has 23 heavy (non-hydrogen) atoms. The summed E-state index contributed by atoms with van der Waals surface area (Å²) in [6.45, 7) is 8.62. The molecule has 1 fully saturated rings. The first-order valence-corrected chi connectivity index (χ1v) is 9.06. The van der Waals surface area contributed by atoms with E-state index in [1.54, 1.807) is 0 Å². The van der Waals surface area contributed by atoms with E-state index < -0.39 is 0 Å². The van der Waals surface area contributed by atoms with Crippen LogP contribution in [0.2, 0.25) is 0 Å². The fraction of sp³-hybridized carbons (Fsp3) is 0.667. The van der Waals surface area contributed by atoms with Crippen molar-refractivity contribution in [2.45, 2.75) is 65.1 Å². The van der Waals surface area contributed by atoms with Gasteiger partial charge in [-0.15, -0.1) is 0 Å². The third-order valence-electron chi connectivity index (χ3n) is 5.45. The Morgan fingerprint density at radius 2 is 2.13 bits per heavy atom. The van der Waals surface area contributed by atoms with Gasteiger partial charge in [-0.25, -0.2) is 4.98 Å². The summed E-state index contributed by atoms with van der Waals surface area (Å²) < 4.78 is 4.67. The Hall–Kier alpha value is -1.62. The summed E-state index contributed by atoms with van der Waals surface area (Å²) in [4.78, 5) is 7.43. The van der Waals surface area contributed by atoms with Crippen molar-refractivity contribution in [3.05, 3.63) is 35.2 Å². The van der Waals surface area contributed by atoms with E-state index in [2.05, 4.69) is 39.2 Å². The monoisotopic (exact) mass is 313 g/mol. The molecule has 1 aliphatic heterocycles. The lowest BCUT2D eigenvalue weighted by Crippen LogP contribution is -2.24. The zero-order valence-corrected chi connectivity index (χ0v) is 14.3. The SMILES string of the molecule is CCn1nccc1CN1CCC(n2c(C)nc3c2CCCC3)C1. The van der Waals surface area contributed by atoms with E-state index >= 15 is 0 Å². The molecular weight excluding hydrogens is 286 g/mol. The molecule has 0 saturated carbocycles. The number of imidazole rings is 1. The molecule has 3 heterocycles. The number of hydrogen-bond acceptors (Lipinski definition) is 3. The number of hydrogen-bond donors (Lipinski definition) is 0.